The Labute approximate surface area is 560 Å². The molecule has 2 atom stereocenters. The minimum Gasteiger partial charge on any atom is -0.444 e. The van der Waals surface area contributed by atoms with E-state index in [9.17, 15) is 19.2 Å². The van der Waals surface area contributed by atoms with Crippen molar-refractivity contribution in [2.75, 3.05) is 26.2 Å². The number of imidazole rings is 2. The number of piperidine rings is 2. The summed E-state index contributed by atoms with van der Waals surface area (Å²) in [5.74, 6) is 0. The van der Waals surface area contributed by atoms with E-state index in [2.05, 4.69) is 35.1 Å². The van der Waals surface area contributed by atoms with E-state index in [4.69, 9.17) is 58.6 Å². The second-order valence-corrected chi connectivity index (χ2v) is 28.7. The summed E-state index contributed by atoms with van der Waals surface area (Å²) in [6.45, 7) is 23.0. The summed E-state index contributed by atoms with van der Waals surface area (Å²) in [4.78, 5) is 82.8. The quantitative estimate of drug-likeness (QED) is 0.0853. The lowest BCUT2D eigenvalue weighted by Gasteiger charge is -2.34. The van der Waals surface area contributed by atoms with E-state index in [1.807, 2.05) is 138 Å². The van der Waals surface area contributed by atoms with Gasteiger partial charge in [-0.25, -0.2) is 29.1 Å². The number of aromatic nitrogens is 14. The third kappa shape index (κ3) is 15.1. The van der Waals surface area contributed by atoms with Crippen LogP contribution in [0.2, 0.25) is 5.15 Å². The van der Waals surface area contributed by atoms with Gasteiger partial charge in [-0.15, -0.1) is 23.2 Å². The number of carbonyl (C=O) groups is 2. The van der Waals surface area contributed by atoms with Gasteiger partial charge in [0, 0.05) is 101 Å². The highest BCUT2D eigenvalue weighted by Gasteiger charge is 2.52. The van der Waals surface area contributed by atoms with Gasteiger partial charge in [-0.05, 0) is 144 Å². The zero-order chi connectivity index (χ0) is 67.9. The lowest BCUT2D eigenvalue weighted by atomic mass is 9.80. The molecular formula is C66H80BCl3N16O8. The third-order valence-electron chi connectivity index (χ3n) is 16.7. The second-order valence-electron chi connectivity index (χ2n) is 26.7. The van der Waals surface area contributed by atoms with Crippen LogP contribution in [0, 0.1) is 0 Å². The predicted molar refractivity (Wildman–Crippen MR) is 366 cm³/mol. The Hall–Kier alpha value is -8.23. The molecule has 0 unspecified atom stereocenters. The highest BCUT2D eigenvalue weighted by atomic mass is 35.5. The predicted octanol–water partition coefficient (Wildman–Crippen LogP) is 11.4. The molecule has 10 aromatic rings. The van der Waals surface area contributed by atoms with Gasteiger partial charge in [0.15, 0.2) is 0 Å². The molecule has 10 aromatic heterocycles. The number of pyridine rings is 6. The van der Waals surface area contributed by atoms with Gasteiger partial charge < -0.3 is 28.6 Å². The van der Waals surface area contributed by atoms with E-state index >= 15 is 0 Å². The molecule has 2 amide bonds. The van der Waals surface area contributed by atoms with E-state index in [1.165, 1.54) is 0 Å². The summed E-state index contributed by atoms with van der Waals surface area (Å²) in [6.07, 6.45) is 16.8. The van der Waals surface area contributed by atoms with Crippen LogP contribution in [-0.4, -0.2) is 150 Å². The first-order valence-electron chi connectivity index (χ1n) is 31.1. The molecule has 28 heteroatoms. The number of halogens is 3. The molecule has 3 fully saturated rings. The van der Waals surface area contributed by atoms with Crippen molar-refractivity contribution >= 4 is 104 Å². The number of fused-ring (bicyclic) bond motifs is 6. The second kappa shape index (κ2) is 27.2. The van der Waals surface area contributed by atoms with Crippen molar-refractivity contribution < 1.29 is 28.4 Å². The zero-order valence-electron chi connectivity index (χ0n) is 55.8. The number of nitrogens with zero attached hydrogens (tertiary/aromatic N) is 16. The number of rotatable bonds is 6. The first-order valence-corrected chi connectivity index (χ1v) is 32.4. The molecular weight excluding hydrogens is 1260 g/mol. The molecule has 3 saturated heterocycles. The topological polar surface area (TPSA) is 244 Å². The molecule has 0 bridgehead atoms. The summed E-state index contributed by atoms with van der Waals surface area (Å²) in [5.41, 5.74) is 9.40. The van der Waals surface area contributed by atoms with E-state index in [0.29, 0.717) is 69.9 Å². The minimum atomic E-state index is -0.590. The maximum atomic E-state index is 13.6. The van der Waals surface area contributed by atoms with Gasteiger partial charge in [0.2, 0.25) is 0 Å². The smallest absolute Gasteiger partial charge is 0.444 e. The average Bonchev–Trinajstić information content (AvgIpc) is 1.59. The van der Waals surface area contributed by atoms with E-state index in [1.54, 1.807) is 102 Å². The molecule has 0 radical (unpaired) electrons. The van der Waals surface area contributed by atoms with Crippen LogP contribution in [0.4, 0.5) is 9.59 Å². The van der Waals surface area contributed by atoms with Crippen LogP contribution in [0.5, 0.6) is 0 Å². The number of aryl methyl sites for hydroxylation is 4. The van der Waals surface area contributed by atoms with E-state index in [-0.39, 0.29) is 58.8 Å². The van der Waals surface area contributed by atoms with Crippen LogP contribution in [0.1, 0.15) is 114 Å². The van der Waals surface area contributed by atoms with E-state index < -0.39 is 11.2 Å². The minimum absolute atomic E-state index is 0.157. The molecule has 3 aliphatic rings. The van der Waals surface area contributed by atoms with Crippen LogP contribution in [0.15, 0.2) is 108 Å². The fourth-order valence-corrected chi connectivity index (χ4v) is 11.6. The number of amides is 2. The zero-order valence-corrected chi connectivity index (χ0v) is 58.0. The number of alkyl halides is 2. The Morgan fingerprint density at radius 1 is 0.585 bits per heavy atom. The van der Waals surface area contributed by atoms with Crippen molar-refractivity contribution in [3.63, 3.8) is 0 Å². The standard InChI is InChI=1S/C29H32N8O3.C20H24ClN5O3.C15H20BN3O2.C2H4Cl2/c1-29(2,3)40-28(39)36-12-6-7-20(17-36)37-26-24(35(5)27(37)38)15-31-23-11-10-22(33-25(23)26)18-8-9-21(30-13-18)19-14-32-34(4)16-19;1-20(2,3)29-19(28)25-9-5-6-12(11-25)26-17-14(24(4)18(26)27)10-22-13-7-8-15(21)23-16(13)17;1-14(2)15(3,4)21-16(20-14)12-6-7-13(17-9-12)11-8-18-19(5)10-11;1-2(3)4/h8-11,13-16,20H,6-7,12,17H2,1-5H3;7-8,10,12H,5-6,9,11H2,1-4H3;6-10H,1-5H3;2H,1H3/t20-;12-;;/m00../s1. The lowest BCUT2D eigenvalue weighted by Crippen LogP contribution is -2.45. The van der Waals surface area contributed by atoms with Gasteiger partial charge >= 0.3 is 30.7 Å². The first kappa shape index (κ1) is 68.6. The summed E-state index contributed by atoms with van der Waals surface area (Å²) < 4.78 is 33.4. The Morgan fingerprint density at radius 2 is 1.02 bits per heavy atom. The summed E-state index contributed by atoms with van der Waals surface area (Å²) in [5, 5.41) is 8.72. The Bertz CT molecular complexity index is 4510. The normalized spacial score (nSPS) is 17.2. The van der Waals surface area contributed by atoms with Crippen molar-refractivity contribution in [2.24, 2.45) is 28.2 Å². The molecule has 13 rings (SSSR count). The maximum Gasteiger partial charge on any atom is 0.496 e. The number of hydrogen-bond donors (Lipinski definition) is 0. The van der Waals surface area contributed by atoms with Crippen LogP contribution < -0.4 is 16.8 Å². The fourth-order valence-electron chi connectivity index (χ4n) is 11.4. The van der Waals surface area contributed by atoms with Gasteiger partial charge in [0.1, 0.15) is 32.2 Å². The monoisotopic (exact) mass is 1340 g/mol. The maximum absolute atomic E-state index is 13.6. The molecule has 0 saturated carbocycles. The van der Waals surface area contributed by atoms with Crippen LogP contribution in [0.25, 0.3) is 77.9 Å². The van der Waals surface area contributed by atoms with Crippen molar-refractivity contribution in [3.05, 3.63) is 124 Å². The van der Waals surface area contributed by atoms with Gasteiger partial charge in [-0.2, -0.15) is 10.2 Å². The Balaban J connectivity index is 0.000000157. The van der Waals surface area contributed by atoms with Crippen LogP contribution in [0.3, 0.4) is 0 Å². The van der Waals surface area contributed by atoms with Gasteiger partial charge in [-0.3, -0.25) is 47.6 Å². The van der Waals surface area contributed by atoms with Crippen LogP contribution in [-0.2, 0) is 47.0 Å². The highest BCUT2D eigenvalue weighted by molar-refractivity contribution is 6.62. The molecule has 13 heterocycles. The van der Waals surface area contributed by atoms with Gasteiger partial charge in [-0.1, -0.05) is 17.7 Å². The SMILES string of the molecule is CC(Cl)Cl.Cn1c(=O)n([C@H]2CCCN(C(=O)OC(C)(C)C)C2)c2c3nc(Cl)ccc3ncc21.Cn1cc(-c2ccc(-c3ccc4ncc5c(c4n3)n([C@H]3CCCN(C(=O)OC(C)(C)C)C3)c(=O)n5C)cn2)cn1.Cn1cc(-c2ccc(B3OC(C)(C)C(C)(C)O3)cn2)cn1. The summed E-state index contributed by atoms with van der Waals surface area (Å²) >= 11 is 16.2. The molecule has 24 nitrogen and oxygen atoms in total. The first-order chi connectivity index (χ1) is 44.3. The lowest BCUT2D eigenvalue weighted by molar-refractivity contribution is 0.00578. The van der Waals surface area contributed by atoms with Crippen LogP contribution >= 0.6 is 34.8 Å². The summed E-state index contributed by atoms with van der Waals surface area (Å²) in [7, 11) is 6.85. The molecule has 3 aliphatic heterocycles. The molecule has 0 aliphatic carbocycles. The molecule has 0 aromatic carbocycles. The molecule has 0 spiro atoms. The molecule has 94 heavy (non-hydrogen) atoms. The molecule has 0 N–H and O–H groups in total. The number of ether oxygens (including phenoxy) is 2. The van der Waals surface area contributed by atoms with Gasteiger partial charge in [0.05, 0.1) is 98.3 Å². The fraction of sp³-hybridized carbons (Fsp3) is 0.455. The third-order valence-corrected chi connectivity index (χ3v) is 16.9. The van der Waals surface area contributed by atoms with Gasteiger partial charge in [0.25, 0.3) is 0 Å². The number of carbonyl (C=O) groups excluding carboxylic acids is 2. The van der Waals surface area contributed by atoms with E-state index in [0.717, 1.165) is 70.4 Å². The van der Waals surface area contributed by atoms with Crippen molar-refractivity contribution in [3.8, 4) is 33.8 Å². The van der Waals surface area contributed by atoms with Crippen molar-refractivity contribution in [2.45, 2.75) is 141 Å². The van der Waals surface area contributed by atoms with Crippen molar-refractivity contribution in [1.29, 1.82) is 0 Å². The molecule has 496 valence electrons. The largest absolute Gasteiger partial charge is 0.496 e. The number of hydrogen-bond acceptors (Lipinski definition) is 16. The Kier molecular flexibility index (Phi) is 19.9. The Morgan fingerprint density at radius 3 is 1.44 bits per heavy atom. The summed E-state index contributed by atoms with van der Waals surface area (Å²) in [6, 6.07) is 14.8. The number of likely N-dealkylation sites (tertiary alicyclic amines) is 2. The average molecular weight is 1340 g/mol. The highest BCUT2D eigenvalue weighted by Crippen LogP contribution is 2.37. The van der Waals surface area contributed by atoms with Crippen molar-refractivity contribution in [1.82, 2.24) is 77.5 Å².